The summed E-state index contributed by atoms with van der Waals surface area (Å²) >= 11 is 0. The molecule has 3 aromatic rings. The average molecular weight is 321 g/mol. The molecule has 0 aliphatic carbocycles. The molecule has 1 aliphatic rings. The molecule has 5 nitrogen and oxygen atoms in total. The molecule has 0 bridgehead atoms. The lowest BCUT2D eigenvalue weighted by Crippen LogP contribution is -2.38. The van der Waals surface area contributed by atoms with Crippen molar-refractivity contribution in [2.75, 3.05) is 6.54 Å². The fourth-order valence-electron chi connectivity index (χ4n) is 3.22. The Morgan fingerprint density at radius 1 is 1.21 bits per heavy atom. The smallest absolute Gasteiger partial charge is 0.256 e. The van der Waals surface area contributed by atoms with E-state index in [1.807, 2.05) is 48.2 Å². The number of para-hydroxylation sites is 2. The molecule has 3 heterocycles. The molecule has 0 spiro atoms. The Morgan fingerprint density at radius 2 is 2.08 bits per heavy atom. The van der Waals surface area contributed by atoms with Gasteiger partial charge < -0.3 is 9.32 Å². The molecular formula is C19H19N3O2. The van der Waals surface area contributed by atoms with Gasteiger partial charge in [-0.1, -0.05) is 12.1 Å². The van der Waals surface area contributed by atoms with Crippen molar-refractivity contribution in [1.82, 2.24) is 14.9 Å². The van der Waals surface area contributed by atoms with Crippen LogP contribution in [0.2, 0.25) is 0 Å². The van der Waals surface area contributed by atoms with E-state index >= 15 is 0 Å². The van der Waals surface area contributed by atoms with Gasteiger partial charge in [0.2, 0.25) is 5.89 Å². The van der Waals surface area contributed by atoms with Crippen LogP contribution in [0.25, 0.3) is 11.1 Å². The number of piperidine rings is 1. The minimum Gasteiger partial charge on any atom is -0.438 e. The number of carbonyl (C=O) groups is 1. The van der Waals surface area contributed by atoms with Crippen molar-refractivity contribution in [1.29, 1.82) is 0 Å². The number of aromatic nitrogens is 2. The highest BCUT2D eigenvalue weighted by Crippen LogP contribution is 2.33. The predicted octanol–water partition coefficient (Wildman–Crippen LogP) is 3.90. The third-order valence-corrected chi connectivity index (χ3v) is 4.52. The van der Waals surface area contributed by atoms with Gasteiger partial charge >= 0.3 is 0 Å². The van der Waals surface area contributed by atoms with Gasteiger partial charge in [0.05, 0.1) is 5.56 Å². The minimum atomic E-state index is -0.111. The number of fused-ring (bicyclic) bond motifs is 1. The van der Waals surface area contributed by atoms with Gasteiger partial charge in [-0.15, -0.1) is 0 Å². The second-order valence-electron chi connectivity index (χ2n) is 6.22. The van der Waals surface area contributed by atoms with Crippen LogP contribution in [0.1, 0.15) is 47.2 Å². The van der Waals surface area contributed by atoms with E-state index in [0.29, 0.717) is 11.5 Å². The van der Waals surface area contributed by atoms with Gasteiger partial charge in [-0.3, -0.25) is 9.78 Å². The molecule has 0 radical (unpaired) electrons. The summed E-state index contributed by atoms with van der Waals surface area (Å²) in [7, 11) is 0. The van der Waals surface area contributed by atoms with Crippen molar-refractivity contribution in [2.45, 2.75) is 32.2 Å². The summed E-state index contributed by atoms with van der Waals surface area (Å²) in [6, 6.07) is 11.3. The van der Waals surface area contributed by atoms with Crippen LogP contribution in [0.5, 0.6) is 0 Å². The number of pyridine rings is 1. The lowest BCUT2D eigenvalue weighted by molar-refractivity contribution is 0.0574. The average Bonchev–Trinajstić information content (AvgIpc) is 3.06. The summed E-state index contributed by atoms with van der Waals surface area (Å²) in [5, 5.41) is 0. The van der Waals surface area contributed by atoms with E-state index in [2.05, 4.69) is 9.97 Å². The van der Waals surface area contributed by atoms with E-state index in [9.17, 15) is 4.79 Å². The fraction of sp³-hybridized carbons (Fsp3) is 0.316. The van der Waals surface area contributed by atoms with Crippen molar-refractivity contribution < 1.29 is 9.21 Å². The van der Waals surface area contributed by atoms with Crippen LogP contribution in [0.15, 0.2) is 47.0 Å². The summed E-state index contributed by atoms with van der Waals surface area (Å²) < 4.78 is 5.92. The Morgan fingerprint density at radius 3 is 2.88 bits per heavy atom. The number of aryl methyl sites for hydroxylation is 1. The highest BCUT2D eigenvalue weighted by Gasteiger charge is 2.32. The summed E-state index contributed by atoms with van der Waals surface area (Å²) in [6.07, 6.45) is 4.59. The summed E-state index contributed by atoms with van der Waals surface area (Å²) in [5.41, 5.74) is 3.12. The molecule has 0 unspecified atom stereocenters. The largest absolute Gasteiger partial charge is 0.438 e. The van der Waals surface area contributed by atoms with Crippen molar-refractivity contribution in [3.05, 3.63) is 59.7 Å². The second-order valence-corrected chi connectivity index (χ2v) is 6.22. The van der Waals surface area contributed by atoms with E-state index in [1.54, 1.807) is 6.20 Å². The molecule has 1 aliphatic heterocycles. The molecule has 1 atom stereocenters. The van der Waals surface area contributed by atoms with Crippen LogP contribution in [-0.4, -0.2) is 27.3 Å². The summed E-state index contributed by atoms with van der Waals surface area (Å²) in [6.45, 7) is 2.63. The monoisotopic (exact) mass is 321 g/mol. The maximum absolute atomic E-state index is 12.9. The third kappa shape index (κ3) is 2.66. The Kier molecular flexibility index (Phi) is 3.76. The minimum absolute atomic E-state index is 0.00513. The number of nitrogens with zero attached hydrogens (tertiary/aromatic N) is 3. The number of carbonyl (C=O) groups excluding carboxylic acids is 1. The Hall–Kier alpha value is -2.69. The van der Waals surface area contributed by atoms with Gasteiger partial charge in [0.15, 0.2) is 5.58 Å². The molecule has 1 saturated heterocycles. The number of hydrogen-bond acceptors (Lipinski definition) is 4. The van der Waals surface area contributed by atoms with E-state index in [4.69, 9.17) is 4.42 Å². The molecule has 1 amide bonds. The first-order valence-electron chi connectivity index (χ1n) is 8.31. The zero-order valence-electron chi connectivity index (χ0n) is 13.6. The first-order valence-corrected chi connectivity index (χ1v) is 8.31. The van der Waals surface area contributed by atoms with E-state index in [-0.39, 0.29) is 11.9 Å². The van der Waals surface area contributed by atoms with Crippen LogP contribution >= 0.6 is 0 Å². The van der Waals surface area contributed by atoms with Crippen LogP contribution in [0.3, 0.4) is 0 Å². The second kappa shape index (κ2) is 6.07. The standard InChI is InChI=1S/C19H19N3O2/c1-13-9-10-14(12-20-13)19(23)22-11-5-4-7-16(22)18-21-15-6-2-3-8-17(15)24-18/h2-3,6,8-10,12,16H,4-5,7,11H2,1H3/t16-/m0/s1. The third-order valence-electron chi connectivity index (χ3n) is 4.52. The highest BCUT2D eigenvalue weighted by molar-refractivity contribution is 5.94. The SMILES string of the molecule is Cc1ccc(C(=O)N2CCCC[C@H]2c2nc3ccccc3o2)cn1. The summed E-state index contributed by atoms with van der Waals surface area (Å²) in [4.78, 5) is 23.6. The number of benzene rings is 1. The molecule has 5 heteroatoms. The predicted molar refractivity (Wildman–Crippen MR) is 90.6 cm³/mol. The van der Waals surface area contributed by atoms with Gasteiger partial charge in [-0.05, 0) is 50.5 Å². The molecule has 24 heavy (non-hydrogen) atoms. The Labute approximate surface area is 140 Å². The topological polar surface area (TPSA) is 59.2 Å². The molecule has 0 saturated carbocycles. The van der Waals surface area contributed by atoms with Gasteiger partial charge in [0, 0.05) is 18.4 Å². The summed E-state index contributed by atoms with van der Waals surface area (Å²) in [5.74, 6) is 0.624. The van der Waals surface area contributed by atoms with E-state index in [0.717, 1.165) is 42.6 Å². The van der Waals surface area contributed by atoms with Gasteiger partial charge in [-0.25, -0.2) is 4.98 Å². The molecule has 1 fully saturated rings. The van der Waals surface area contributed by atoms with Crippen molar-refractivity contribution >= 4 is 17.0 Å². The number of likely N-dealkylation sites (tertiary alicyclic amines) is 1. The first kappa shape index (κ1) is 14.9. The van der Waals surface area contributed by atoms with Crippen LogP contribution < -0.4 is 0 Å². The molecule has 0 N–H and O–H groups in total. The number of hydrogen-bond donors (Lipinski definition) is 0. The van der Waals surface area contributed by atoms with Crippen LogP contribution in [0, 0.1) is 6.92 Å². The lowest BCUT2D eigenvalue weighted by atomic mass is 10.0. The van der Waals surface area contributed by atoms with Gasteiger partial charge in [0.25, 0.3) is 5.91 Å². The van der Waals surface area contributed by atoms with Crippen molar-refractivity contribution in [2.24, 2.45) is 0 Å². The Balaban J connectivity index is 1.67. The fourth-order valence-corrected chi connectivity index (χ4v) is 3.22. The maximum Gasteiger partial charge on any atom is 0.256 e. The van der Waals surface area contributed by atoms with Gasteiger partial charge in [0.1, 0.15) is 11.6 Å². The molecular weight excluding hydrogens is 302 g/mol. The van der Waals surface area contributed by atoms with Crippen LogP contribution in [0.4, 0.5) is 0 Å². The van der Waals surface area contributed by atoms with E-state index < -0.39 is 0 Å². The lowest BCUT2D eigenvalue weighted by Gasteiger charge is -2.33. The number of oxazole rings is 1. The maximum atomic E-state index is 12.9. The zero-order chi connectivity index (χ0) is 16.5. The highest BCUT2D eigenvalue weighted by atomic mass is 16.3. The van der Waals surface area contributed by atoms with Crippen molar-refractivity contribution in [3.8, 4) is 0 Å². The molecule has 2 aromatic heterocycles. The van der Waals surface area contributed by atoms with Crippen molar-refractivity contribution in [3.63, 3.8) is 0 Å². The van der Waals surface area contributed by atoms with Crippen LogP contribution in [-0.2, 0) is 0 Å². The Bertz CT molecular complexity index is 837. The molecule has 1 aromatic carbocycles. The normalized spacial score (nSPS) is 18.0. The quantitative estimate of drug-likeness (QED) is 0.718. The molecule has 4 rings (SSSR count). The molecule has 122 valence electrons. The first-order chi connectivity index (χ1) is 11.7. The van der Waals surface area contributed by atoms with E-state index in [1.165, 1.54) is 0 Å². The number of amides is 1. The zero-order valence-corrected chi connectivity index (χ0v) is 13.6. The van der Waals surface area contributed by atoms with Gasteiger partial charge in [-0.2, -0.15) is 0 Å². The number of rotatable bonds is 2.